The van der Waals surface area contributed by atoms with E-state index in [1.165, 1.54) is 16.2 Å². The number of para-hydroxylation sites is 1. The summed E-state index contributed by atoms with van der Waals surface area (Å²) >= 11 is 1.54. The van der Waals surface area contributed by atoms with Crippen LogP contribution in [0.3, 0.4) is 0 Å². The van der Waals surface area contributed by atoms with Gasteiger partial charge in [0.05, 0.1) is 11.4 Å². The molecular formula is C20H23N3O3S. The molecule has 0 aliphatic heterocycles. The SMILES string of the molecule is CC(Oc1ccccc1C(C)C)C(=O)N(C)Cc1nc(-c2cccs2)no1. The molecule has 0 N–H and O–H groups in total. The molecule has 2 heterocycles. The lowest BCUT2D eigenvalue weighted by atomic mass is 10.0. The first-order chi connectivity index (χ1) is 13.0. The van der Waals surface area contributed by atoms with E-state index >= 15 is 0 Å². The van der Waals surface area contributed by atoms with Crippen LogP contribution < -0.4 is 4.74 Å². The van der Waals surface area contributed by atoms with Gasteiger partial charge in [0.15, 0.2) is 6.10 Å². The fourth-order valence-electron chi connectivity index (χ4n) is 2.72. The van der Waals surface area contributed by atoms with Gasteiger partial charge in [-0.25, -0.2) is 0 Å². The second-order valence-electron chi connectivity index (χ2n) is 6.64. The monoisotopic (exact) mass is 385 g/mol. The molecule has 27 heavy (non-hydrogen) atoms. The van der Waals surface area contributed by atoms with Crippen molar-refractivity contribution in [1.82, 2.24) is 15.0 Å². The maximum absolute atomic E-state index is 12.7. The Kier molecular flexibility index (Phi) is 5.91. The third-order valence-electron chi connectivity index (χ3n) is 4.15. The fourth-order valence-corrected chi connectivity index (χ4v) is 3.37. The van der Waals surface area contributed by atoms with E-state index in [2.05, 4.69) is 24.0 Å². The highest BCUT2D eigenvalue weighted by molar-refractivity contribution is 7.13. The molecule has 1 atom stereocenters. The predicted octanol–water partition coefficient (Wildman–Crippen LogP) is 4.35. The number of carbonyl (C=O) groups excluding carboxylic acids is 1. The standard InChI is InChI=1S/C20H23N3O3S/c1-13(2)15-8-5-6-9-16(15)25-14(3)20(24)23(4)12-18-21-19(22-26-18)17-10-7-11-27-17/h5-11,13-14H,12H2,1-4H3. The molecule has 3 aromatic rings. The average molecular weight is 385 g/mol. The smallest absolute Gasteiger partial charge is 0.263 e. The van der Waals surface area contributed by atoms with Crippen molar-refractivity contribution in [2.24, 2.45) is 0 Å². The van der Waals surface area contributed by atoms with Crippen LogP contribution in [0.4, 0.5) is 0 Å². The van der Waals surface area contributed by atoms with Crippen LogP contribution >= 0.6 is 11.3 Å². The van der Waals surface area contributed by atoms with Crippen molar-refractivity contribution >= 4 is 17.2 Å². The third kappa shape index (κ3) is 4.54. The van der Waals surface area contributed by atoms with Crippen molar-refractivity contribution in [1.29, 1.82) is 0 Å². The maximum Gasteiger partial charge on any atom is 0.263 e. The highest BCUT2D eigenvalue weighted by atomic mass is 32.1. The lowest BCUT2D eigenvalue weighted by molar-refractivity contribution is -0.137. The summed E-state index contributed by atoms with van der Waals surface area (Å²) < 4.78 is 11.2. The van der Waals surface area contributed by atoms with Gasteiger partial charge in [-0.2, -0.15) is 4.98 Å². The number of hydrogen-bond acceptors (Lipinski definition) is 6. The van der Waals surface area contributed by atoms with Gasteiger partial charge in [-0.1, -0.05) is 43.3 Å². The van der Waals surface area contributed by atoms with E-state index in [-0.39, 0.29) is 12.5 Å². The van der Waals surface area contributed by atoms with Crippen LogP contribution in [0, 0.1) is 0 Å². The molecule has 142 valence electrons. The van der Waals surface area contributed by atoms with Crippen LogP contribution in [0.2, 0.25) is 0 Å². The average Bonchev–Trinajstić information content (AvgIpc) is 3.32. The fraction of sp³-hybridized carbons (Fsp3) is 0.350. The molecular weight excluding hydrogens is 362 g/mol. The number of rotatable bonds is 7. The normalized spacial score (nSPS) is 12.2. The Morgan fingerprint density at radius 3 is 2.70 bits per heavy atom. The highest BCUT2D eigenvalue weighted by Crippen LogP contribution is 2.27. The summed E-state index contributed by atoms with van der Waals surface area (Å²) in [6.07, 6.45) is -0.616. The van der Waals surface area contributed by atoms with Crippen LogP contribution in [0.15, 0.2) is 46.3 Å². The predicted molar refractivity (Wildman–Crippen MR) is 105 cm³/mol. The van der Waals surface area contributed by atoms with E-state index in [0.717, 1.165) is 16.2 Å². The molecule has 0 spiro atoms. The van der Waals surface area contributed by atoms with Crippen LogP contribution in [0.25, 0.3) is 10.7 Å². The van der Waals surface area contributed by atoms with E-state index in [9.17, 15) is 4.79 Å². The zero-order valence-electron chi connectivity index (χ0n) is 15.9. The minimum absolute atomic E-state index is 0.149. The molecule has 0 bridgehead atoms. The van der Waals surface area contributed by atoms with Crippen molar-refractivity contribution in [2.75, 3.05) is 7.05 Å². The van der Waals surface area contributed by atoms with Gasteiger partial charge >= 0.3 is 0 Å². The number of aromatic nitrogens is 2. The van der Waals surface area contributed by atoms with Gasteiger partial charge < -0.3 is 14.2 Å². The summed E-state index contributed by atoms with van der Waals surface area (Å²) in [5, 5.41) is 5.92. The Morgan fingerprint density at radius 2 is 2.00 bits per heavy atom. The highest BCUT2D eigenvalue weighted by Gasteiger charge is 2.22. The molecule has 0 aliphatic carbocycles. The Labute approximate surface area is 162 Å². The Balaban J connectivity index is 1.63. The minimum Gasteiger partial charge on any atom is -0.481 e. The number of carbonyl (C=O) groups is 1. The van der Waals surface area contributed by atoms with E-state index in [1.807, 2.05) is 41.8 Å². The van der Waals surface area contributed by atoms with Crippen LogP contribution in [0.1, 0.15) is 38.1 Å². The summed E-state index contributed by atoms with van der Waals surface area (Å²) in [6.45, 7) is 6.18. The first-order valence-corrected chi connectivity index (χ1v) is 9.70. The Hall–Kier alpha value is -2.67. The largest absolute Gasteiger partial charge is 0.481 e. The van der Waals surface area contributed by atoms with Crippen LogP contribution in [0.5, 0.6) is 5.75 Å². The first-order valence-electron chi connectivity index (χ1n) is 8.82. The van der Waals surface area contributed by atoms with E-state index < -0.39 is 6.10 Å². The van der Waals surface area contributed by atoms with Crippen molar-refractivity contribution < 1.29 is 14.1 Å². The molecule has 1 amide bonds. The van der Waals surface area contributed by atoms with Crippen LogP contribution in [-0.4, -0.2) is 34.1 Å². The second kappa shape index (κ2) is 8.35. The van der Waals surface area contributed by atoms with Crippen molar-refractivity contribution in [3.05, 3.63) is 53.2 Å². The van der Waals surface area contributed by atoms with E-state index in [1.54, 1.807) is 14.0 Å². The van der Waals surface area contributed by atoms with Gasteiger partial charge in [-0.3, -0.25) is 4.79 Å². The maximum atomic E-state index is 12.7. The van der Waals surface area contributed by atoms with Gasteiger partial charge in [0.1, 0.15) is 5.75 Å². The lowest BCUT2D eigenvalue weighted by Gasteiger charge is -2.22. The molecule has 0 fully saturated rings. The number of nitrogens with zero attached hydrogens (tertiary/aromatic N) is 3. The Bertz CT molecular complexity index is 890. The summed E-state index contributed by atoms with van der Waals surface area (Å²) in [6, 6.07) is 11.7. The summed E-state index contributed by atoms with van der Waals surface area (Å²) in [7, 11) is 1.70. The molecule has 3 rings (SSSR count). The molecule has 2 aromatic heterocycles. The molecule has 1 aromatic carbocycles. The Morgan fingerprint density at radius 1 is 1.22 bits per heavy atom. The van der Waals surface area contributed by atoms with Crippen LogP contribution in [-0.2, 0) is 11.3 Å². The quantitative estimate of drug-likeness (QED) is 0.605. The van der Waals surface area contributed by atoms with Crippen molar-refractivity contribution in [3.63, 3.8) is 0 Å². The second-order valence-corrected chi connectivity index (χ2v) is 7.58. The van der Waals surface area contributed by atoms with Gasteiger partial charge in [-0.05, 0) is 35.9 Å². The van der Waals surface area contributed by atoms with E-state index in [4.69, 9.17) is 9.26 Å². The third-order valence-corrected chi connectivity index (χ3v) is 5.02. The van der Waals surface area contributed by atoms with E-state index in [0.29, 0.717) is 17.6 Å². The number of ether oxygens (including phenoxy) is 1. The summed E-state index contributed by atoms with van der Waals surface area (Å²) in [4.78, 5) is 19.5. The molecule has 6 nitrogen and oxygen atoms in total. The molecule has 0 radical (unpaired) electrons. The van der Waals surface area contributed by atoms with Gasteiger partial charge in [0.2, 0.25) is 11.7 Å². The lowest BCUT2D eigenvalue weighted by Crippen LogP contribution is -2.37. The van der Waals surface area contributed by atoms with Crippen molar-refractivity contribution in [3.8, 4) is 16.5 Å². The van der Waals surface area contributed by atoms with Gasteiger partial charge in [0.25, 0.3) is 5.91 Å². The molecule has 0 saturated carbocycles. The van der Waals surface area contributed by atoms with Crippen molar-refractivity contribution in [2.45, 2.75) is 39.3 Å². The molecule has 1 unspecified atom stereocenters. The molecule has 0 aliphatic rings. The zero-order valence-corrected chi connectivity index (χ0v) is 16.7. The number of thiophene rings is 1. The number of amides is 1. The summed E-state index contributed by atoms with van der Waals surface area (Å²) in [5.41, 5.74) is 1.08. The topological polar surface area (TPSA) is 68.5 Å². The number of benzene rings is 1. The number of likely N-dealkylation sites (N-methyl/N-ethyl adjacent to an activating group) is 1. The summed E-state index contributed by atoms with van der Waals surface area (Å²) in [5.74, 6) is 1.83. The zero-order chi connectivity index (χ0) is 19.4. The first kappa shape index (κ1) is 19.1. The number of hydrogen-bond donors (Lipinski definition) is 0. The molecule has 7 heteroatoms. The van der Waals surface area contributed by atoms with Gasteiger partial charge in [0, 0.05) is 7.05 Å². The minimum atomic E-state index is -0.616. The van der Waals surface area contributed by atoms with Gasteiger partial charge in [-0.15, -0.1) is 11.3 Å². The molecule has 0 saturated heterocycles.